The molecule has 3 aromatic rings. The Kier molecular flexibility index (Phi) is 6.30. The Morgan fingerprint density at radius 2 is 1.93 bits per heavy atom. The van der Waals surface area contributed by atoms with Gasteiger partial charge < -0.3 is 15.4 Å². The van der Waals surface area contributed by atoms with E-state index >= 15 is 0 Å². The number of carbonyl (C=O) groups excluding carboxylic acids is 2. The smallest absolute Gasteiger partial charge is 0.292 e. The molecule has 0 bridgehead atoms. The van der Waals surface area contributed by atoms with Gasteiger partial charge in [0.05, 0.1) is 12.3 Å². The molecule has 0 fully saturated rings. The summed E-state index contributed by atoms with van der Waals surface area (Å²) in [6, 6.07) is 13.4. The maximum atomic E-state index is 12.2. The number of halogens is 1. The molecule has 2 amide bonds. The summed E-state index contributed by atoms with van der Waals surface area (Å²) < 4.78 is 4.86. The molecular formula is C18H17ClN6O3. The van der Waals surface area contributed by atoms with Crippen molar-refractivity contribution in [1.29, 1.82) is 0 Å². The predicted molar refractivity (Wildman–Crippen MR) is 103 cm³/mol. The Balaban J connectivity index is 1.64. The molecule has 0 atom stereocenters. The number of benzene rings is 2. The Labute approximate surface area is 165 Å². The van der Waals surface area contributed by atoms with Crippen molar-refractivity contribution in [2.45, 2.75) is 0 Å². The minimum Gasteiger partial charge on any atom is -0.383 e. The zero-order valence-electron chi connectivity index (χ0n) is 14.9. The first-order chi connectivity index (χ1) is 13.6. The fourth-order valence-electron chi connectivity index (χ4n) is 2.27. The SMILES string of the molecule is COCCNC(=O)c1nnn(-c2ccc(NC(=O)c3cccc(Cl)c3)cc2)n1. The van der Waals surface area contributed by atoms with E-state index in [4.69, 9.17) is 16.3 Å². The number of hydrogen-bond donors (Lipinski definition) is 2. The number of methoxy groups -OCH3 is 1. The molecule has 9 nitrogen and oxygen atoms in total. The molecule has 0 aliphatic rings. The van der Waals surface area contributed by atoms with Gasteiger partial charge in [0.1, 0.15) is 0 Å². The van der Waals surface area contributed by atoms with Gasteiger partial charge in [0.15, 0.2) is 0 Å². The first-order valence-corrected chi connectivity index (χ1v) is 8.69. The highest BCUT2D eigenvalue weighted by atomic mass is 35.5. The average molecular weight is 401 g/mol. The number of tetrazole rings is 1. The number of rotatable bonds is 7. The lowest BCUT2D eigenvalue weighted by atomic mass is 10.2. The molecule has 0 radical (unpaired) electrons. The van der Waals surface area contributed by atoms with Crippen LogP contribution in [0.25, 0.3) is 5.69 Å². The summed E-state index contributed by atoms with van der Waals surface area (Å²) in [5, 5.41) is 17.5. The van der Waals surface area contributed by atoms with Crippen molar-refractivity contribution in [3.63, 3.8) is 0 Å². The average Bonchev–Trinajstić information content (AvgIpc) is 3.19. The molecule has 28 heavy (non-hydrogen) atoms. The molecule has 0 saturated heterocycles. The molecule has 1 heterocycles. The molecule has 2 N–H and O–H groups in total. The first kappa shape index (κ1) is 19.5. The van der Waals surface area contributed by atoms with Crippen LogP contribution in [-0.4, -0.2) is 52.3 Å². The number of ether oxygens (including phenoxy) is 1. The van der Waals surface area contributed by atoms with Crippen molar-refractivity contribution in [2.75, 3.05) is 25.6 Å². The molecular weight excluding hydrogens is 384 g/mol. The molecule has 10 heteroatoms. The number of aromatic nitrogens is 4. The van der Waals surface area contributed by atoms with Gasteiger partial charge in [-0.2, -0.15) is 0 Å². The number of anilines is 1. The van der Waals surface area contributed by atoms with Crippen LogP contribution in [0.5, 0.6) is 0 Å². The topological polar surface area (TPSA) is 111 Å². The normalized spacial score (nSPS) is 10.5. The molecule has 0 aliphatic heterocycles. The number of nitrogens with zero attached hydrogens (tertiary/aromatic N) is 4. The lowest BCUT2D eigenvalue weighted by Crippen LogP contribution is -2.28. The van der Waals surface area contributed by atoms with Gasteiger partial charge in [-0.1, -0.05) is 17.7 Å². The van der Waals surface area contributed by atoms with Gasteiger partial charge >= 0.3 is 0 Å². The van der Waals surface area contributed by atoms with Gasteiger partial charge in [-0.05, 0) is 47.7 Å². The number of nitrogens with one attached hydrogen (secondary N) is 2. The van der Waals surface area contributed by atoms with E-state index in [2.05, 4.69) is 26.0 Å². The largest absolute Gasteiger partial charge is 0.383 e. The van der Waals surface area contributed by atoms with Crippen molar-refractivity contribution in [2.24, 2.45) is 0 Å². The van der Waals surface area contributed by atoms with Crippen molar-refractivity contribution >= 4 is 29.1 Å². The number of carbonyl (C=O) groups is 2. The third kappa shape index (κ3) is 4.90. The quantitative estimate of drug-likeness (QED) is 0.586. The second kappa shape index (κ2) is 9.07. The maximum Gasteiger partial charge on any atom is 0.292 e. The monoisotopic (exact) mass is 400 g/mol. The summed E-state index contributed by atoms with van der Waals surface area (Å²) in [5.41, 5.74) is 1.63. The third-order valence-electron chi connectivity index (χ3n) is 3.65. The maximum absolute atomic E-state index is 12.2. The summed E-state index contributed by atoms with van der Waals surface area (Å²) in [7, 11) is 1.54. The van der Waals surface area contributed by atoms with Gasteiger partial charge in [0.2, 0.25) is 0 Å². The summed E-state index contributed by atoms with van der Waals surface area (Å²) in [4.78, 5) is 25.4. The van der Waals surface area contributed by atoms with Gasteiger partial charge in [-0.3, -0.25) is 9.59 Å². The van der Waals surface area contributed by atoms with Crippen molar-refractivity contribution in [3.8, 4) is 5.69 Å². The minimum absolute atomic E-state index is 0.0468. The molecule has 3 rings (SSSR count). The van der Waals surface area contributed by atoms with Gasteiger partial charge in [0, 0.05) is 29.9 Å². The van der Waals surface area contributed by atoms with E-state index in [1.165, 1.54) is 4.80 Å². The lowest BCUT2D eigenvalue weighted by Gasteiger charge is -2.06. The van der Waals surface area contributed by atoms with Crippen LogP contribution in [0.15, 0.2) is 48.5 Å². The highest BCUT2D eigenvalue weighted by molar-refractivity contribution is 6.31. The number of hydrogen-bond acceptors (Lipinski definition) is 6. The molecule has 144 valence electrons. The summed E-state index contributed by atoms with van der Waals surface area (Å²) >= 11 is 5.90. The Bertz CT molecular complexity index is 973. The molecule has 2 aromatic carbocycles. The van der Waals surface area contributed by atoms with E-state index in [9.17, 15) is 9.59 Å². The van der Waals surface area contributed by atoms with Crippen molar-refractivity contribution in [3.05, 3.63) is 64.9 Å². The second-order valence-electron chi connectivity index (χ2n) is 5.66. The van der Waals surface area contributed by atoms with E-state index < -0.39 is 5.91 Å². The highest BCUT2D eigenvalue weighted by Gasteiger charge is 2.13. The molecule has 0 unspecified atom stereocenters. The van der Waals surface area contributed by atoms with Crippen LogP contribution >= 0.6 is 11.6 Å². The zero-order chi connectivity index (χ0) is 19.9. The van der Waals surface area contributed by atoms with Crippen LogP contribution in [0.1, 0.15) is 21.0 Å². The van der Waals surface area contributed by atoms with Crippen LogP contribution in [0.3, 0.4) is 0 Å². The number of amides is 2. The Morgan fingerprint density at radius 3 is 2.64 bits per heavy atom. The first-order valence-electron chi connectivity index (χ1n) is 8.31. The standard InChI is InChI=1S/C18H17ClN6O3/c1-28-10-9-20-18(27)16-22-24-25(23-16)15-7-5-14(6-8-15)21-17(26)12-3-2-4-13(19)11-12/h2-8,11H,9-10H2,1H3,(H,20,27)(H,21,26). The van der Waals surface area contributed by atoms with E-state index in [-0.39, 0.29) is 11.7 Å². The van der Waals surface area contributed by atoms with Gasteiger partial charge in [0.25, 0.3) is 17.6 Å². The van der Waals surface area contributed by atoms with Crippen LogP contribution in [0.2, 0.25) is 5.02 Å². The van der Waals surface area contributed by atoms with Crippen LogP contribution < -0.4 is 10.6 Å². The van der Waals surface area contributed by atoms with E-state index in [0.29, 0.717) is 35.1 Å². The molecule has 0 saturated carbocycles. The van der Waals surface area contributed by atoms with Gasteiger partial charge in [-0.25, -0.2) is 0 Å². The van der Waals surface area contributed by atoms with E-state index in [0.717, 1.165) is 0 Å². The van der Waals surface area contributed by atoms with Crippen LogP contribution in [0, 0.1) is 0 Å². The predicted octanol–water partition coefficient (Wildman–Crippen LogP) is 1.94. The molecule has 0 spiro atoms. The zero-order valence-corrected chi connectivity index (χ0v) is 15.7. The highest BCUT2D eigenvalue weighted by Crippen LogP contribution is 2.15. The minimum atomic E-state index is -0.436. The van der Waals surface area contributed by atoms with E-state index in [1.54, 1.807) is 55.6 Å². The van der Waals surface area contributed by atoms with Crippen molar-refractivity contribution in [1.82, 2.24) is 25.5 Å². The van der Waals surface area contributed by atoms with Crippen LogP contribution in [-0.2, 0) is 4.74 Å². The fourth-order valence-corrected chi connectivity index (χ4v) is 2.46. The summed E-state index contributed by atoms with van der Waals surface area (Å²) in [5.74, 6) is -0.757. The molecule has 0 aliphatic carbocycles. The lowest BCUT2D eigenvalue weighted by molar-refractivity contribution is 0.0926. The van der Waals surface area contributed by atoms with Crippen molar-refractivity contribution < 1.29 is 14.3 Å². The van der Waals surface area contributed by atoms with Gasteiger partial charge in [-0.15, -0.1) is 15.0 Å². The second-order valence-corrected chi connectivity index (χ2v) is 6.10. The molecule has 1 aromatic heterocycles. The Hall–Kier alpha value is -3.30. The van der Waals surface area contributed by atoms with Crippen LogP contribution in [0.4, 0.5) is 5.69 Å². The summed E-state index contributed by atoms with van der Waals surface area (Å²) in [6.07, 6.45) is 0. The summed E-state index contributed by atoms with van der Waals surface area (Å²) in [6.45, 7) is 0.743. The Morgan fingerprint density at radius 1 is 1.14 bits per heavy atom. The van der Waals surface area contributed by atoms with E-state index in [1.807, 2.05) is 0 Å². The third-order valence-corrected chi connectivity index (χ3v) is 3.89. The fraction of sp³-hybridized carbons (Fsp3) is 0.167.